The summed E-state index contributed by atoms with van der Waals surface area (Å²) in [5.74, 6) is 0. The summed E-state index contributed by atoms with van der Waals surface area (Å²) < 4.78 is 4.90. The maximum Gasteiger partial charge on any atom is 0.324 e. The molecule has 0 amide bonds. The molecule has 0 fully saturated rings. The fourth-order valence-corrected chi connectivity index (χ4v) is 1.92. The molecular weight excluding hydrogens is 232 g/mol. The molecule has 0 saturated carbocycles. The van der Waals surface area contributed by atoms with Crippen molar-refractivity contribution in [3.63, 3.8) is 0 Å². The van der Waals surface area contributed by atoms with Crippen molar-refractivity contribution in [2.45, 2.75) is 12.6 Å². The molecule has 1 rings (SSSR count). The van der Waals surface area contributed by atoms with Crippen molar-refractivity contribution in [1.29, 1.82) is 0 Å². The topological polar surface area (TPSA) is 84.6 Å². The molecule has 0 aliphatic heterocycles. The van der Waals surface area contributed by atoms with Gasteiger partial charge in [0, 0.05) is 25.1 Å². The van der Waals surface area contributed by atoms with E-state index in [1.807, 2.05) is 0 Å². The highest BCUT2D eigenvalue weighted by molar-refractivity contribution is 7.13. The second-order valence-corrected chi connectivity index (χ2v) is 4.16. The third kappa shape index (κ3) is 3.86. The number of aliphatic hydroxyl groups is 1. The highest BCUT2D eigenvalue weighted by Gasteiger charge is 2.11. The molecule has 90 valence electrons. The number of nitro groups is 1. The Morgan fingerprint density at radius 1 is 1.75 bits per heavy atom. The smallest absolute Gasteiger partial charge is 0.324 e. The third-order valence-electron chi connectivity index (χ3n) is 2.00. The van der Waals surface area contributed by atoms with Gasteiger partial charge < -0.3 is 15.2 Å². The lowest BCUT2D eigenvalue weighted by molar-refractivity contribution is -0.380. The molecule has 0 aliphatic rings. The first-order valence-corrected chi connectivity index (χ1v) is 5.60. The molecule has 1 atom stereocenters. The molecular formula is C9H14N2O4S. The van der Waals surface area contributed by atoms with Crippen LogP contribution in [0.3, 0.4) is 0 Å². The van der Waals surface area contributed by atoms with Gasteiger partial charge in [-0.25, -0.2) is 0 Å². The second-order valence-electron chi connectivity index (χ2n) is 3.27. The van der Waals surface area contributed by atoms with Crippen LogP contribution in [0.1, 0.15) is 5.56 Å². The summed E-state index contributed by atoms with van der Waals surface area (Å²) in [5, 5.41) is 24.3. The van der Waals surface area contributed by atoms with Crippen molar-refractivity contribution < 1.29 is 14.8 Å². The molecule has 6 nitrogen and oxygen atoms in total. The Bertz CT molecular complexity index is 342. The van der Waals surface area contributed by atoms with Gasteiger partial charge in [0.15, 0.2) is 0 Å². The number of thiophene rings is 1. The van der Waals surface area contributed by atoms with Crippen LogP contribution in [0.2, 0.25) is 0 Å². The van der Waals surface area contributed by atoms with E-state index >= 15 is 0 Å². The predicted octanol–water partition coefficient (Wildman–Crippen LogP) is 0.753. The molecule has 0 aromatic carbocycles. The van der Waals surface area contributed by atoms with Crippen LogP contribution >= 0.6 is 11.3 Å². The lowest BCUT2D eigenvalue weighted by Gasteiger charge is -2.14. The number of ether oxygens (including phenoxy) is 1. The number of nitrogens with one attached hydrogen (secondary N) is 1. The van der Waals surface area contributed by atoms with E-state index in [-0.39, 0.29) is 17.6 Å². The van der Waals surface area contributed by atoms with E-state index in [9.17, 15) is 10.1 Å². The maximum absolute atomic E-state index is 10.4. The third-order valence-corrected chi connectivity index (χ3v) is 2.93. The first-order valence-electron chi connectivity index (χ1n) is 4.72. The van der Waals surface area contributed by atoms with Gasteiger partial charge in [-0.15, -0.1) is 0 Å². The standard InChI is InChI=1S/C9H14N2O4S/c1-15-5-8(4-12)10-3-7-2-9(11(13)14)16-6-7/h2,6,8,10,12H,3-5H2,1H3. The zero-order valence-corrected chi connectivity index (χ0v) is 9.70. The molecule has 2 N–H and O–H groups in total. The molecule has 0 radical (unpaired) electrons. The molecule has 16 heavy (non-hydrogen) atoms. The van der Waals surface area contributed by atoms with Crippen LogP contribution in [0.5, 0.6) is 0 Å². The molecule has 1 unspecified atom stereocenters. The number of hydrogen-bond donors (Lipinski definition) is 2. The molecule has 0 aliphatic carbocycles. The zero-order chi connectivity index (χ0) is 12.0. The Balaban J connectivity index is 2.44. The summed E-state index contributed by atoms with van der Waals surface area (Å²) >= 11 is 1.10. The average Bonchev–Trinajstić information content (AvgIpc) is 2.73. The number of rotatable bonds is 7. The summed E-state index contributed by atoms with van der Waals surface area (Å²) in [6, 6.07) is 1.38. The Morgan fingerprint density at radius 3 is 3.00 bits per heavy atom. The highest BCUT2D eigenvalue weighted by atomic mass is 32.1. The molecule has 1 heterocycles. The van der Waals surface area contributed by atoms with Gasteiger partial charge in [-0.05, 0) is 5.56 Å². The van der Waals surface area contributed by atoms with Gasteiger partial charge in [0.25, 0.3) is 0 Å². The Labute approximate surface area is 97.0 Å². The summed E-state index contributed by atoms with van der Waals surface area (Å²) in [6.45, 7) is 0.863. The Hall–Kier alpha value is -1.02. The SMILES string of the molecule is COCC(CO)NCc1csc([N+](=O)[O-])c1. The van der Waals surface area contributed by atoms with Crippen molar-refractivity contribution in [2.75, 3.05) is 20.3 Å². The van der Waals surface area contributed by atoms with Crippen LogP contribution in [0.4, 0.5) is 5.00 Å². The van der Waals surface area contributed by atoms with Crippen molar-refractivity contribution in [3.05, 3.63) is 27.1 Å². The van der Waals surface area contributed by atoms with E-state index < -0.39 is 4.92 Å². The number of methoxy groups -OCH3 is 1. The minimum atomic E-state index is -0.410. The van der Waals surface area contributed by atoms with Crippen LogP contribution in [0, 0.1) is 10.1 Å². The van der Waals surface area contributed by atoms with E-state index in [0.717, 1.165) is 16.9 Å². The molecule has 0 bridgehead atoms. The summed E-state index contributed by atoms with van der Waals surface area (Å²) in [7, 11) is 1.56. The number of aliphatic hydroxyl groups excluding tert-OH is 1. The lowest BCUT2D eigenvalue weighted by Crippen LogP contribution is -2.35. The van der Waals surface area contributed by atoms with Gasteiger partial charge in [0.2, 0.25) is 0 Å². The Morgan fingerprint density at radius 2 is 2.50 bits per heavy atom. The van der Waals surface area contributed by atoms with Crippen molar-refractivity contribution in [2.24, 2.45) is 0 Å². The van der Waals surface area contributed by atoms with Crippen LogP contribution in [0.25, 0.3) is 0 Å². The van der Waals surface area contributed by atoms with Crippen molar-refractivity contribution in [1.82, 2.24) is 5.32 Å². The van der Waals surface area contributed by atoms with Crippen LogP contribution in [-0.2, 0) is 11.3 Å². The van der Waals surface area contributed by atoms with E-state index in [0.29, 0.717) is 13.2 Å². The van der Waals surface area contributed by atoms with Gasteiger partial charge in [-0.1, -0.05) is 11.3 Å². The molecule has 1 aromatic heterocycles. The van der Waals surface area contributed by atoms with Gasteiger partial charge in [0.1, 0.15) is 0 Å². The molecule has 0 saturated heterocycles. The largest absolute Gasteiger partial charge is 0.395 e. The van der Waals surface area contributed by atoms with Crippen molar-refractivity contribution >= 4 is 16.3 Å². The van der Waals surface area contributed by atoms with E-state index in [4.69, 9.17) is 9.84 Å². The summed E-state index contributed by atoms with van der Waals surface area (Å²) in [4.78, 5) is 10.0. The van der Waals surface area contributed by atoms with Gasteiger partial charge >= 0.3 is 5.00 Å². The van der Waals surface area contributed by atoms with Gasteiger partial charge in [-0.3, -0.25) is 10.1 Å². The first kappa shape index (κ1) is 13.0. The maximum atomic E-state index is 10.4. The van der Waals surface area contributed by atoms with Gasteiger partial charge in [-0.2, -0.15) is 0 Å². The van der Waals surface area contributed by atoms with Gasteiger partial charge in [0.05, 0.1) is 24.2 Å². The average molecular weight is 246 g/mol. The van der Waals surface area contributed by atoms with E-state index in [1.165, 1.54) is 6.07 Å². The highest BCUT2D eigenvalue weighted by Crippen LogP contribution is 2.22. The van der Waals surface area contributed by atoms with Crippen LogP contribution < -0.4 is 5.32 Å². The fraction of sp³-hybridized carbons (Fsp3) is 0.556. The molecule has 7 heteroatoms. The quantitative estimate of drug-likeness (QED) is 0.548. The molecule has 0 spiro atoms. The summed E-state index contributed by atoms with van der Waals surface area (Å²) in [5.41, 5.74) is 0.839. The predicted molar refractivity (Wildman–Crippen MR) is 60.6 cm³/mol. The normalized spacial score (nSPS) is 12.6. The zero-order valence-electron chi connectivity index (χ0n) is 8.88. The van der Waals surface area contributed by atoms with Crippen LogP contribution in [0.15, 0.2) is 11.4 Å². The van der Waals surface area contributed by atoms with E-state index in [1.54, 1.807) is 12.5 Å². The minimum absolute atomic E-state index is 0.0277. The molecule has 1 aromatic rings. The number of hydrogen-bond acceptors (Lipinski definition) is 6. The summed E-state index contributed by atoms with van der Waals surface area (Å²) in [6.07, 6.45) is 0. The first-order chi connectivity index (χ1) is 7.67. The van der Waals surface area contributed by atoms with Crippen molar-refractivity contribution in [3.8, 4) is 0 Å². The second kappa shape index (κ2) is 6.54. The van der Waals surface area contributed by atoms with E-state index in [2.05, 4.69) is 5.32 Å². The lowest BCUT2D eigenvalue weighted by atomic mass is 10.3. The monoisotopic (exact) mass is 246 g/mol. The Kier molecular flexibility index (Phi) is 5.33. The fourth-order valence-electron chi connectivity index (χ4n) is 1.19. The van der Waals surface area contributed by atoms with Crippen LogP contribution in [-0.4, -0.2) is 36.4 Å². The minimum Gasteiger partial charge on any atom is -0.395 e. The number of nitrogens with zero attached hydrogens (tertiary/aromatic N) is 1.